The van der Waals surface area contributed by atoms with Crippen molar-refractivity contribution in [2.75, 3.05) is 50.8 Å². The molecule has 27 heavy (non-hydrogen) atoms. The third kappa shape index (κ3) is 9.65. The van der Waals surface area contributed by atoms with Crippen molar-refractivity contribution in [3.8, 4) is 0 Å². The zero-order valence-electron chi connectivity index (χ0n) is 17.1. The number of anilines is 1. The minimum absolute atomic E-state index is 0. The van der Waals surface area contributed by atoms with E-state index in [0.717, 1.165) is 58.3 Å². The molecule has 154 valence electrons. The van der Waals surface area contributed by atoms with Gasteiger partial charge in [-0.1, -0.05) is 32.0 Å². The van der Waals surface area contributed by atoms with Crippen LogP contribution in [-0.4, -0.2) is 51.9 Å². The molecule has 1 heterocycles. The van der Waals surface area contributed by atoms with Gasteiger partial charge in [-0.2, -0.15) is 0 Å². The maximum atomic E-state index is 5.66. The summed E-state index contributed by atoms with van der Waals surface area (Å²) in [7, 11) is 0. The monoisotopic (exact) mass is 488 g/mol. The second-order valence-electron chi connectivity index (χ2n) is 7.38. The second-order valence-corrected chi connectivity index (χ2v) is 7.38. The fourth-order valence-electron chi connectivity index (χ4n) is 3.08. The number of halogens is 1. The molecule has 0 radical (unpaired) electrons. The number of nitrogens with one attached hydrogen (secondary N) is 2. The summed E-state index contributed by atoms with van der Waals surface area (Å²) in [6.07, 6.45) is 2.32. The summed E-state index contributed by atoms with van der Waals surface area (Å²) < 4.78 is 5.66. The predicted molar refractivity (Wildman–Crippen MR) is 126 cm³/mol. The number of hydrogen-bond acceptors (Lipinski definition) is 3. The zero-order chi connectivity index (χ0) is 18.6. The average Bonchev–Trinajstić information content (AvgIpc) is 3.12. The number of para-hydroxylation sites is 1. The van der Waals surface area contributed by atoms with Gasteiger partial charge in [0.05, 0.1) is 6.61 Å². The van der Waals surface area contributed by atoms with Crippen molar-refractivity contribution in [3.05, 3.63) is 30.3 Å². The van der Waals surface area contributed by atoms with E-state index < -0.39 is 0 Å². The SMILES string of the molecule is CCNC(=NCC1CCN(c2ccccc2)C1)NCCOCCC(C)C.I. The molecule has 1 aromatic carbocycles. The van der Waals surface area contributed by atoms with Gasteiger partial charge in [-0.25, -0.2) is 0 Å². The number of ether oxygens (including phenoxy) is 1. The maximum absolute atomic E-state index is 5.66. The molecule has 0 aliphatic carbocycles. The van der Waals surface area contributed by atoms with Crippen LogP contribution in [0.15, 0.2) is 35.3 Å². The molecule has 1 atom stereocenters. The Morgan fingerprint density at radius 2 is 2.00 bits per heavy atom. The van der Waals surface area contributed by atoms with Crippen LogP contribution in [0.1, 0.15) is 33.6 Å². The molecule has 1 saturated heterocycles. The van der Waals surface area contributed by atoms with E-state index in [-0.39, 0.29) is 24.0 Å². The van der Waals surface area contributed by atoms with Crippen LogP contribution in [0.5, 0.6) is 0 Å². The van der Waals surface area contributed by atoms with Crippen LogP contribution in [0.25, 0.3) is 0 Å². The molecule has 1 aliphatic rings. The van der Waals surface area contributed by atoms with Crippen LogP contribution in [0.2, 0.25) is 0 Å². The minimum Gasteiger partial charge on any atom is -0.380 e. The van der Waals surface area contributed by atoms with Crippen molar-refractivity contribution in [3.63, 3.8) is 0 Å². The van der Waals surface area contributed by atoms with Gasteiger partial charge in [-0.05, 0) is 43.7 Å². The Hall–Kier alpha value is -1.02. The second kappa shape index (κ2) is 14.0. The van der Waals surface area contributed by atoms with Gasteiger partial charge in [0.25, 0.3) is 0 Å². The summed E-state index contributed by atoms with van der Waals surface area (Å²) in [5.41, 5.74) is 1.32. The molecule has 0 aromatic heterocycles. The first kappa shape index (κ1) is 24.0. The Bertz CT molecular complexity index is 524. The van der Waals surface area contributed by atoms with Crippen molar-refractivity contribution in [2.45, 2.75) is 33.6 Å². The molecule has 2 rings (SSSR count). The third-order valence-electron chi connectivity index (χ3n) is 4.64. The smallest absolute Gasteiger partial charge is 0.191 e. The summed E-state index contributed by atoms with van der Waals surface area (Å²) in [6, 6.07) is 10.7. The van der Waals surface area contributed by atoms with Crippen LogP contribution >= 0.6 is 24.0 Å². The molecule has 0 saturated carbocycles. The summed E-state index contributed by atoms with van der Waals surface area (Å²) in [4.78, 5) is 7.24. The first-order chi connectivity index (χ1) is 12.7. The number of rotatable bonds is 10. The van der Waals surface area contributed by atoms with Crippen LogP contribution < -0.4 is 15.5 Å². The largest absolute Gasteiger partial charge is 0.380 e. The summed E-state index contributed by atoms with van der Waals surface area (Å²) in [6.45, 7) is 12.9. The highest BCUT2D eigenvalue weighted by atomic mass is 127. The first-order valence-corrected chi connectivity index (χ1v) is 10.1. The van der Waals surface area contributed by atoms with E-state index in [1.54, 1.807) is 0 Å². The van der Waals surface area contributed by atoms with Gasteiger partial charge in [0.1, 0.15) is 0 Å². The third-order valence-corrected chi connectivity index (χ3v) is 4.64. The molecular formula is C21H37IN4O. The molecule has 6 heteroatoms. The molecule has 1 unspecified atom stereocenters. The minimum atomic E-state index is 0. The average molecular weight is 488 g/mol. The fraction of sp³-hybridized carbons (Fsp3) is 0.667. The van der Waals surface area contributed by atoms with E-state index >= 15 is 0 Å². The lowest BCUT2D eigenvalue weighted by Crippen LogP contribution is -2.39. The summed E-state index contributed by atoms with van der Waals surface area (Å²) >= 11 is 0. The lowest BCUT2D eigenvalue weighted by atomic mass is 10.1. The lowest BCUT2D eigenvalue weighted by Gasteiger charge is -2.18. The highest BCUT2D eigenvalue weighted by Gasteiger charge is 2.22. The van der Waals surface area contributed by atoms with Gasteiger partial charge in [0.2, 0.25) is 0 Å². The number of benzene rings is 1. The van der Waals surface area contributed by atoms with Crippen molar-refractivity contribution in [1.29, 1.82) is 0 Å². The van der Waals surface area contributed by atoms with Crippen LogP contribution in [0.4, 0.5) is 5.69 Å². The summed E-state index contributed by atoms with van der Waals surface area (Å²) in [5, 5.41) is 6.70. The van der Waals surface area contributed by atoms with E-state index in [0.29, 0.717) is 11.8 Å². The number of nitrogens with zero attached hydrogens (tertiary/aromatic N) is 2. The maximum Gasteiger partial charge on any atom is 0.191 e. The Balaban J connectivity index is 0.00000364. The van der Waals surface area contributed by atoms with Gasteiger partial charge in [0.15, 0.2) is 5.96 Å². The summed E-state index contributed by atoms with van der Waals surface area (Å²) in [5.74, 6) is 2.22. The van der Waals surface area contributed by atoms with Crippen molar-refractivity contribution >= 4 is 35.6 Å². The van der Waals surface area contributed by atoms with Crippen molar-refractivity contribution in [1.82, 2.24) is 10.6 Å². The molecule has 0 bridgehead atoms. The molecule has 5 nitrogen and oxygen atoms in total. The predicted octanol–water partition coefficient (Wildman–Crippen LogP) is 3.75. The van der Waals surface area contributed by atoms with E-state index in [4.69, 9.17) is 9.73 Å². The Kier molecular flexibility index (Phi) is 12.5. The van der Waals surface area contributed by atoms with Gasteiger partial charge in [0, 0.05) is 45.0 Å². The van der Waals surface area contributed by atoms with Crippen LogP contribution in [-0.2, 0) is 4.74 Å². The number of aliphatic imine (C=N–C) groups is 1. The Morgan fingerprint density at radius 1 is 1.22 bits per heavy atom. The molecule has 1 aliphatic heterocycles. The van der Waals surface area contributed by atoms with Crippen LogP contribution in [0, 0.1) is 11.8 Å². The highest BCUT2D eigenvalue weighted by molar-refractivity contribution is 14.0. The molecule has 1 aromatic rings. The van der Waals surface area contributed by atoms with Crippen molar-refractivity contribution < 1.29 is 4.74 Å². The molecule has 1 fully saturated rings. The van der Waals surface area contributed by atoms with Crippen molar-refractivity contribution in [2.24, 2.45) is 16.8 Å². The first-order valence-electron chi connectivity index (χ1n) is 10.1. The van der Waals surface area contributed by atoms with Gasteiger partial charge >= 0.3 is 0 Å². The van der Waals surface area contributed by atoms with E-state index in [9.17, 15) is 0 Å². The van der Waals surface area contributed by atoms with Gasteiger partial charge in [-0.3, -0.25) is 4.99 Å². The van der Waals surface area contributed by atoms with Gasteiger partial charge in [-0.15, -0.1) is 24.0 Å². The van der Waals surface area contributed by atoms with E-state index in [1.165, 1.54) is 12.1 Å². The van der Waals surface area contributed by atoms with E-state index in [2.05, 4.69) is 66.6 Å². The molecular weight excluding hydrogens is 451 g/mol. The zero-order valence-corrected chi connectivity index (χ0v) is 19.4. The number of hydrogen-bond donors (Lipinski definition) is 2. The lowest BCUT2D eigenvalue weighted by molar-refractivity contribution is 0.128. The molecule has 2 N–H and O–H groups in total. The van der Waals surface area contributed by atoms with Crippen LogP contribution in [0.3, 0.4) is 0 Å². The number of guanidine groups is 1. The normalized spacial score (nSPS) is 17.1. The Labute approximate surface area is 182 Å². The quantitative estimate of drug-likeness (QED) is 0.228. The Morgan fingerprint density at radius 3 is 2.70 bits per heavy atom. The highest BCUT2D eigenvalue weighted by Crippen LogP contribution is 2.23. The molecule has 0 spiro atoms. The fourth-order valence-corrected chi connectivity index (χ4v) is 3.08. The standard InChI is InChI=1S/C21H36N4O.HI/c1-4-22-21(23-12-15-26-14-11-18(2)3)24-16-19-10-13-25(17-19)20-8-6-5-7-9-20;/h5-9,18-19H,4,10-17H2,1-3H3,(H2,22,23,24);1H. The van der Waals surface area contributed by atoms with Gasteiger partial charge < -0.3 is 20.3 Å². The van der Waals surface area contributed by atoms with E-state index in [1.807, 2.05) is 0 Å². The topological polar surface area (TPSA) is 48.9 Å². The molecule has 0 amide bonds.